The van der Waals surface area contributed by atoms with Crippen molar-refractivity contribution in [3.05, 3.63) is 63.2 Å². The number of hydrogen-bond acceptors (Lipinski definition) is 1. The van der Waals surface area contributed by atoms with Gasteiger partial charge in [0.15, 0.2) is 0 Å². The molecule has 18 heavy (non-hydrogen) atoms. The van der Waals surface area contributed by atoms with Crippen molar-refractivity contribution in [2.45, 2.75) is 26.4 Å². The fourth-order valence-corrected chi connectivity index (χ4v) is 2.15. The van der Waals surface area contributed by atoms with Crippen molar-refractivity contribution in [2.24, 2.45) is 0 Å². The van der Waals surface area contributed by atoms with Crippen LogP contribution >= 0.6 is 22.6 Å². The molecule has 2 heteroatoms. The van der Waals surface area contributed by atoms with E-state index in [4.69, 9.17) is 4.74 Å². The van der Waals surface area contributed by atoms with Gasteiger partial charge in [0, 0.05) is 3.57 Å². The van der Waals surface area contributed by atoms with Crippen LogP contribution in [0.3, 0.4) is 0 Å². The molecule has 0 saturated heterocycles. The van der Waals surface area contributed by atoms with E-state index in [1.807, 2.05) is 0 Å². The molecule has 94 valence electrons. The molecule has 0 N–H and O–H groups in total. The van der Waals surface area contributed by atoms with Crippen LogP contribution in [-0.4, -0.2) is 0 Å². The summed E-state index contributed by atoms with van der Waals surface area (Å²) in [6.07, 6.45) is 2.32. The molecule has 0 fully saturated rings. The minimum absolute atomic E-state index is 0.629. The van der Waals surface area contributed by atoms with E-state index in [-0.39, 0.29) is 0 Å². The number of halogens is 1. The van der Waals surface area contributed by atoms with E-state index in [9.17, 15) is 0 Å². The van der Waals surface area contributed by atoms with E-state index in [0.717, 1.165) is 12.2 Å². The van der Waals surface area contributed by atoms with Gasteiger partial charge in [0.2, 0.25) is 0 Å². The van der Waals surface area contributed by atoms with Gasteiger partial charge in [-0.2, -0.15) is 0 Å². The molecule has 0 aliphatic carbocycles. The normalized spacial score (nSPS) is 10.3. The van der Waals surface area contributed by atoms with Gasteiger partial charge in [-0.3, -0.25) is 0 Å². The molecule has 0 aromatic heterocycles. The minimum Gasteiger partial charge on any atom is -0.489 e. The van der Waals surface area contributed by atoms with Crippen molar-refractivity contribution in [1.29, 1.82) is 0 Å². The van der Waals surface area contributed by atoms with Crippen LogP contribution in [0.2, 0.25) is 0 Å². The number of ether oxygens (including phenoxy) is 1. The van der Waals surface area contributed by atoms with Gasteiger partial charge >= 0.3 is 0 Å². The van der Waals surface area contributed by atoms with E-state index in [1.165, 1.54) is 21.1 Å². The Balaban J connectivity index is 1.91. The van der Waals surface area contributed by atoms with E-state index in [2.05, 4.69) is 78.0 Å². The first kappa shape index (κ1) is 13.4. The second-order valence-electron chi connectivity index (χ2n) is 4.31. The Morgan fingerprint density at radius 2 is 1.50 bits per heavy atom. The molecule has 0 heterocycles. The predicted octanol–water partition coefficient (Wildman–Crippen LogP) is 4.82. The maximum absolute atomic E-state index is 5.76. The lowest BCUT2D eigenvalue weighted by atomic mass is 10.1. The van der Waals surface area contributed by atoms with Crippen molar-refractivity contribution in [2.75, 3.05) is 0 Å². The first-order chi connectivity index (χ1) is 8.78. The quantitative estimate of drug-likeness (QED) is 0.701. The number of hydrogen-bond donors (Lipinski definition) is 0. The molecule has 0 amide bonds. The van der Waals surface area contributed by atoms with E-state index in [1.54, 1.807) is 0 Å². The lowest BCUT2D eigenvalue weighted by Crippen LogP contribution is -1.95. The number of benzene rings is 2. The van der Waals surface area contributed by atoms with Gasteiger partial charge in [0.25, 0.3) is 0 Å². The zero-order valence-electron chi connectivity index (χ0n) is 10.5. The lowest BCUT2D eigenvalue weighted by molar-refractivity contribution is 0.306. The van der Waals surface area contributed by atoms with Gasteiger partial charge in [-0.15, -0.1) is 0 Å². The molecule has 1 nitrogen and oxygen atoms in total. The summed E-state index contributed by atoms with van der Waals surface area (Å²) in [6.45, 7) is 2.82. The Morgan fingerprint density at radius 3 is 2.11 bits per heavy atom. The Kier molecular flexibility index (Phi) is 5.05. The smallest absolute Gasteiger partial charge is 0.119 e. The minimum atomic E-state index is 0.629. The van der Waals surface area contributed by atoms with Gasteiger partial charge in [0.05, 0.1) is 0 Å². The third kappa shape index (κ3) is 4.02. The summed E-state index contributed by atoms with van der Waals surface area (Å²) in [5, 5.41) is 0. The molecule has 0 spiro atoms. The maximum Gasteiger partial charge on any atom is 0.119 e. The molecule has 0 unspecified atom stereocenters. The predicted molar refractivity (Wildman–Crippen MR) is 83.9 cm³/mol. The van der Waals surface area contributed by atoms with Crippen LogP contribution in [0, 0.1) is 3.57 Å². The summed E-state index contributed by atoms with van der Waals surface area (Å²) < 4.78 is 7.01. The average Bonchev–Trinajstić information content (AvgIpc) is 2.40. The summed E-state index contributed by atoms with van der Waals surface area (Å²) in [7, 11) is 0. The molecule has 0 saturated carbocycles. The van der Waals surface area contributed by atoms with Gasteiger partial charge in [-0.25, -0.2) is 0 Å². The van der Waals surface area contributed by atoms with Crippen LogP contribution in [0.1, 0.15) is 24.5 Å². The molecule has 2 aromatic carbocycles. The van der Waals surface area contributed by atoms with Gasteiger partial charge in [-0.05, 0) is 64.4 Å². The van der Waals surface area contributed by atoms with Crippen molar-refractivity contribution >= 4 is 22.6 Å². The first-order valence-electron chi connectivity index (χ1n) is 6.24. The highest BCUT2D eigenvalue weighted by atomic mass is 127. The maximum atomic E-state index is 5.76. The third-order valence-corrected chi connectivity index (χ3v) is 3.50. The molecule has 2 rings (SSSR count). The SMILES string of the molecule is CCCc1ccc(OCc2ccc(I)cc2)cc1. The summed E-state index contributed by atoms with van der Waals surface area (Å²) in [4.78, 5) is 0. The molecule has 0 bridgehead atoms. The van der Waals surface area contributed by atoms with Gasteiger partial charge in [0.1, 0.15) is 12.4 Å². The summed E-state index contributed by atoms with van der Waals surface area (Å²) in [6, 6.07) is 16.8. The summed E-state index contributed by atoms with van der Waals surface area (Å²) in [5.41, 5.74) is 2.58. The molecule has 0 aliphatic rings. The zero-order valence-corrected chi connectivity index (χ0v) is 12.7. The fourth-order valence-electron chi connectivity index (χ4n) is 1.79. The Hall–Kier alpha value is -1.03. The second kappa shape index (κ2) is 6.78. The fraction of sp³-hybridized carbons (Fsp3) is 0.250. The topological polar surface area (TPSA) is 9.23 Å². The molecule has 0 aliphatic heterocycles. The summed E-state index contributed by atoms with van der Waals surface area (Å²) >= 11 is 2.31. The van der Waals surface area contributed by atoms with Crippen molar-refractivity contribution in [3.63, 3.8) is 0 Å². The molecule has 0 radical (unpaired) electrons. The number of rotatable bonds is 5. The molecular weight excluding hydrogens is 335 g/mol. The standard InChI is InChI=1S/C16H17IO/c1-2-3-13-6-10-16(11-7-13)18-12-14-4-8-15(17)9-5-14/h4-11H,2-3,12H2,1H3. The average molecular weight is 352 g/mol. The van der Waals surface area contributed by atoms with Crippen LogP contribution in [0.5, 0.6) is 5.75 Å². The Labute approximate surface area is 122 Å². The number of aryl methyl sites for hydroxylation is 1. The molecule has 2 aromatic rings. The summed E-state index contributed by atoms with van der Waals surface area (Å²) in [5.74, 6) is 0.938. The zero-order chi connectivity index (χ0) is 12.8. The van der Waals surface area contributed by atoms with Crippen LogP contribution in [0.15, 0.2) is 48.5 Å². The van der Waals surface area contributed by atoms with Crippen molar-refractivity contribution < 1.29 is 4.74 Å². The van der Waals surface area contributed by atoms with Crippen LogP contribution in [-0.2, 0) is 13.0 Å². The Morgan fingerprint density at radius 1 is 0.889 bits per heavy atom. The highest BCUT2D eigenvalue weighted by Crippen LogP contribution is 2.15. The van der Waals surface area contributed by atoms with Crippen LogP contribution in [0.25, 0.3) is 0 Å². The monoisotopic (exact) mass is 352 g/mol. The van der Waals surface area contributed by atoms with Crippen molar-refractivity contribution in [1.82, 2.24) is 0 Å². The van der Waals surface area contributed by atoms with Crippen LogP contribution in [0.4, 0.5) is 0 Å². The largest absolute Gasteiger partial charge is 0.489 e. The molecule has 0 atom stereocenters. The highest BCUT2D eigenvalue weighted by Gasteiger charge is 1.97. The first-order valence-corrected chi connectivity index (χ1v) is 7.32. The third-order valence-electron chi connectivity index (χ3n) is 2.78. The van der Waals surface area contributed by atoms with Gasteiger partial charge in [-0.1, -0.05) is 37.6 Å². The lowest BCUT2D eigenvalue weighted by Gasteiger charge is -2.07. The van der Waals surface area contributed by atoms with E-state index >= 15 is 0 Å². The van der Waals surface area contributed by atoms with Gasteiger partial charge < -0.3 is 4.74 Å². The van der Waals surface area contributed by atoms with Crippen molar-refractivity contribution in [3.8, 4) is 5.75 Å². The second-order valence-corrected chi connectivity index (χ2v) is 5.55. The Bertz CT molecular complexity index is 473. The van der Waals surface area contributed by atoms with E-state index in [0.29, 0.717) is 6.61 Å². The molecular formula is C16H17IO. The highest BCUT2D eigenvalue weighted by molar-refractivity contribution is 14.1. The van der Waals surface area contributed by atoms with E-state index < -0.39 is 0 Å². The van der Waals surface area contributed by atoms with Crippen LogP contribution < -0.4 is 4.74 Å².